The van der Waals surface area contributed by atoms with Gasteiger partial charge in [0.25, 0.3) is 0 Å². The smallest absolute Gasteiger partial charge is 0.00184 e. The summed E-state index contributed by atoms with van der Waals surface area (Å²) < 4.78 is 0. The number of hydrogen-bond donors (Lipinski definition) is 0. The van der Waals surface area contributed by atoms with Gasteiger partial charge in [0.05, 0.1) is 0 Å². The van der Waals surface area contributed by atoms with E-state index in [-0.39, 0.29) is 0 Å². The maximum absolute atomic E-state index is 2.74. The van der Waals surface area contributed by atoms with Crippen LogP contribution in [0.15, 0.2) is 0 Å². The molecule has 0 spiro atoms. The van der Waals surface area contributed by atoms with Crippen molar-refractivity contribution in [3.8, 4) is 0 Å². The highest BCUT2D eigenvalue weighted by Crippen LogP contribution is 2.15. The van der Waals surface area contributed by atoms with E-state index in [0.29, 0.717) is 0 Å². The first-order valence-corrected chi connectivity index (χ1v) is 11.3. The van der Waals surface area contributed by atoms with Gasteiger partial charge in [-0.05, 0) is 50.5 Å². The molecular formula is C16H37NP2. The third kappa shape index (κ3) is 15.0. The normalized spacial score (nSPS) is 12.6. The lowest BCUT2D eigenvalue weighted by Gasteiger charge is -2.22. The summed E-state index contributed by atoms with van der Waals surface area (Å²) >= 11 is 0. The molecule has 0 radical (unpaired) electrons. The van der Waals surface area contributed by atoms with Crippen molar-refractivity contribution in [1.82, 2.24) is 4.90 Å². The Hall–Kier alpha value is 0.820. The molecule has 0 rings (SSSR count). The van der Waals surface area contributed by atoms with Crippen LogP contribution in [-0.2, 0) is 0 Å². The van der Waals surface area contributed by atoms with Crippen molar-refractivity contribution in [2.24, 2.45) is 0 Å². The van der Waals surface area contributed by atoms with Gasteiger partial charge in [-0.1, -0.05) is 40.0 Å². The third-order valence-electron chi connectivity index (χ3n) is 3.45. The quantitative estimate of drug-likeness (QED) is 0.302. The minimum absolute atomic E-state index is 1.20. The zero-order valence-electron chi connectivity index (χ0n) is 13.6. The molecule has 0 heterocycles. The number of nitrogens with zero attached hydrogens (tertiary/aromatic N) is 1. The van der Waals surface area contributed by atoms with Gasteiger partial charge in [0.2, 0.25) is 0 Å². The highest BCUT2D eigenvalue weighted by Gasteiger charge is 2.03. The molecule has 0 aliphatic rings. The van der Waals surface area contributed by atoms with E-state index >= 15 is 0 Å². The second-order valence-electron chi connectivity index (χ2n) is 5.40. The Morgan fingerprint density at radius 2 is 1.05 bits per heavy atom. The van der Waals surface area contributed by atoms with Crippen LogP contribution in [0.25, 0.3) is 0 Å². The van der Waals surface area contributed by atoms with Crippen molar-refractivity contribution in [2.45, 2.75) is 59.3 Å². The fourth-order valence-electron chi connectivity index (χ4n) is 2.05. The summed E-state index contributed by atoms with van der Waals surface area (Å²) in [5, 5.41) is 0. The van der Waals surface area contributed by atoms with E-state index in [1.54, 1.807) is 0 Å². The maximum Gasteiger partial charge on any atom is 0.00184 e. The standard InChI is InChI=1S/C16H37NP2/c1-4-7-10-17(11-15-18-13-8-5-2)12-16-19-14-9-6-3/h18-19H,4-16H2,1-3H3. The second kappa shape index (κ2) is 16.9. The van der Waals surface area contributed by atoms with E-state index in [2.05, 4.69) is 25.7 Å². The molecule has 116 valence electrons. The van der Waals surface area contributed by atoms with E-state index < -0.39 is 0 Å². The Balaban J connectivity index is 3.57. The third-order valence-corrected chi connectivity index (χ3v) is 6.02. The highest BCUT2D eigenvalue weighted by atomic mass is 31.1. The molecular weight excluding hydrogens is 268 g/mol. The SMILES string of the molecule is CCCCPCCN(CCCC)CCPCCCC. The van der Waals surface area contributed by atoms with Crippen LogP contribution < -0.4 is 0 Å². The van der Waals surface area contributed by atoms with E-state index in [1.165, 1.54) is 100.0 Å². The van der Waals surface area contributed by atoms with Gasteiger partial charge in [-0.15, -0.1) is 17.2 Å². The summed E-state index contributed by atoms with van der Waals surface area (Å²) in [7, 11) is 2.41. The van der Waals surface area contributed by atoms with E-state index in [9.17, 15) is 0 Å². The van der Waals surface area contributed by atoms with Crippen molar-refractivity contribution in [1.29, 1.82) is 0 Å². The number of hydrogen-bond acceptors (Lipinski definition) is 1. The fraction of sp³-hybridized carbons (Fsp3) is 1.00. The van der Waals surface area contributed by atoms with Crippen molar-refractivity contribution in [2.75, 3.05) is 44.3 Å². The molecule has 0 saturated carbocycles. The molecule has 1 nitrogen and oxygen atoms in total. The molecule has 0 fully saturated rings. The molecule has 3 heteroatoms. The maximum atomic E-state index is 2.74. The molecule has 0 aliphatic carbocycles. The zero-order chi connectivity index (χ0) is 14.2. The van der Waals surface area contributed by atoms with Crippen LogP contribution in [0.2, 0.25) is 0 Å². The number of rotatable bonds is 15. The topological polar surface area (TPSA) is 3.24 Å². The molecule has 2 unspecified atom stereocenters. The summed E-state index contributed by atoms with van der Waals surface area (Å²) in [4.78, 5) is 2.74. The zero-order valence-corrected chi connectivity index (χ0v) is 15.6. The Labute approximate surface area is 126 Å². The van der Waals surface area contributed by atoms with E-state index in [1.807, 2.05) is 0 Å². The molecule has 2 atom stereocenters. The lowest BCUT2D eigenvalue weighted by Crippen LogP contribution is -2.29. The van der Waals surface area contributed by atoms with Gasteiger partial charge in [-0.2, -0.15) is 0 Å². The fourth-order valence-corrected chi connectivity index (χ4v) is 4.70. The van der Waals surface area contributed by atoms with Crippen molar-refractivity contribution < 1.29 is 0 Å². The average molecular weight is 305 g/mol. The van der Waals surface area contributed by atoms with Gasteiger partial charge in [0, 0.05) is 13.1 Å². The molecule has 0 aromatic heterocycles. The van der Waals surface area contributed by atoms with Crippen LogP contribution in [0.3, 0.4) is 0 Å². The monoisotopic (exact) mass is 305 g/mol. The first-order chi connectivity index (χ1) is 9.35. The summed E-state index contributed by atoms with van der Waals surface area (Å²) in [5.74, 6) is 0. The van der Waals surface area contributed by atoms with Crippen molar-refractivity contribution in [3.63, 3.8) is 0 Å². The Kier molecular flexibility index (Phi) is 17.6. The Bertz CT molecular complexity index is 151. The first-order valence-electron chi connectivity index (χ1n) is 8.48. The van der Waals surface area contributed by atoms with Gasteiger partial charge >= 0.3 is 0 Å². The van der Waals surface area contributed by atoms with Gasteiger partial charge in [0.15, 0.2) is 0 Å². The van der Waals surface area contributed by atoms with Crippen LogP contribution in [0.5, 0.6) is 0 Å². The summed E-state index contributed by atoms with van der Waals surface area (Å²) in [6.07, 6.45) is 14.2. The molecule has 0 aromatic carbocycles. The minimum atomic E-state index is 1.20. The Morgan fingerprint density at radius 1 is 0.579 bits per heavy atom. The van der Waals surface area contributed by atoms with Gasteiger partial charge in [-0.25, -0.2) is 0 Å². The second-order valence-corrected chi connectivity index (χ2v) is 8.40. The van der Waals surface area contributed by atoms with E-state index in [4.69, 9.17) is 0 Å². The summed E-state index contributed by atoms with van der Waals surface area (Å²) in [5.41, 5.74) is 0. The van der Waals surface area contributed by atoms with Crippen LogP contribution in [0.1, 0.15) is 59.3 Å². The van der Waals surface area contributed by atoms with Crippen LogP contribution in [0, 0.1) is 0 Å². The first kappa shape index (κ1) is 19.8. The molecule has 0 aliphatic heterocycles. The van der Waals surface area contributed by atoms with Crippen LogP contribution in [0.4, 0.5) is 0 Å². The summed E-state index contributed by atoms with van der Waals surface area (Å²) in [6, 6.07) is 0. The largest absolute Gasteiger partial charge is 0.303 e. The van der Waals surface area contributed by atoms with E-state index in [0.717, 1.165) is 0 Å². The molecule has 19 heavy (non-hydrogen) atoms. The van der Waals surface area contributed by atoms with Crippen molar-refractivity contribution >= 4 is 17.2 Å². The Morgan fingerprint density at radius 3 is 1.47 bits per heavy atom. The van der Waals surface area contributed by atoms with Crippen LogP contribution >= 0.6 is 17.2 Å². The van der Waals surface area contributed by atoms with Gasteiger partial charge < -0.3 is 4.90 Å². The molecule has 0 aromatic rings. The molecule has 0 saturated heterocycles. The summed E-state index contributed by atoms with van der Waals surface area (Å²) in [6.45, 7) is 11.0. The molecule has 0 amide bonds. The van der Waals surface area contributed by atoms with Crippen molar-refractivity contribution in [3.05, 3.63) is 0 Å². The predicted octanol–water partition coefficient (Wildman–Crippen LogP) is 5.05. The predicted molar refractivity (Wildman–Crippen MR) is 97.3 cm³/mol. The lowest BCUT2D eigenvalue weighted by molar-refractivity contribution is 0.303. The number of unbranched alkanes of at least 4 members (excludes halogenated alkanes) is 3. The highest BCUT2D eigenvalue weighted by molar-refractivity contribution is 7.38. The average Bonchev–Trinajstić information content (AvgIpc) is 2.43. The van der Waals surface area contributed by atoms with Gasteiger partial charge in [-0.3, -0.25) is 0 Å². The minimum Gasteiger partial charge on any atom is -0.303 e. The van der Waals surface area contributed by atoms with Crippen LogP contribution in [-0.4, -0.2) is 49.2 Å². The molecule has 0 N–H and O–H groups in total. The van der Waals surface area contributed by atoms with Gasteiger partial charge in [0.1, 0.15) is 0 Å². The lowest BCUT2D eigenvalue weighted by atomic mass is 10.3. The molecule has 0 bridgehead atoms.